The van der Waals surface area contributed by atoms with Crippen LogP contribution < -0.4 is 4.74 Å². The summed E-state index contributed by atoms with van der Waals surface area (Å²) in [7, 11) is 0. The van der Waals surface area contributed by atoms with Crippen molar-refractivity contribution in [2.45, 2.75) is 13.3 Å². The van der Waals surface area contributed by atoms with Crippen LogP contribution in [0.4, 0.5) is 0 Å². The van der Waals surface area contributed by atoms with Crippen LogP contribution in [0.2, 0.25) is 0 Å². The molecule has 0 atom stereocenters. The lowest BCUT2D eigenvalue weighted by atomic mass is 10.1. The summed E-state index contributed by atoms with van der Waals surface area (Å²) in [5.41, 5.74) is 0.761. The van der Waals surface area contributed by atoms with Gasteiger partial charge in [0.15, 0.2) is 5.78 Å². The largest absolute Gasteiger partial charge is 0.494 e. The molecular weight excluding hydrogens is 278 g/mol. The standard InChI is InChI=1S/C15H21NO3.ClH/c1-2-19-14-5-3-13(4-6-14)15(17)7-8-16-9-11-18-12-10-16;/h3-6H,2,7-12H2,1H3;1H. The normalized spacial score (nSPS) is 15.4. The Bertz CT molecular complexity index is 402. The number of Topliss-reactive ketones (excluding diaryl/α,β-unsaturated/α-hetero) is 1. The van der Waals surface area contributed by atoms with Crippen molar-refractivity contribution in [2.24, 2.45) is 0 Å². The van der Waals surface area contributed by atoms with E-state index in [2.05, 4.69) is 4.90 Å². The molecule has 1 aliphatic rings. The van der Waals surface area contributed by atoms with E-state index in [9.17, 15) is 4.79 Å². The highest BCUT2D eigenvalue weighted by Crippen LogP contribution is 2.13. The van der Waals surface area contributed by atoms with Gasteiger partial charge in [0.25, 0.3) is 0 Å². The van der Waals surface area contributed by atoms with Gasteiger partial charge >= 0.3 is 0 Å². The van der Waals surface area contributed by atoms with Crippen molar-refractivity contribution >= 4 is 18.2 Å². The predicted molar refractivity (Wildman–Crippen MR) is 81.1 cm³/mol. The zero-order valence-electron chi connectivity index (χ0n) is 11.8. The first-order chi connectivity index (χ1) is 9.29. The van der Waals surface area contributed by atoms with E-state index in [0.29, 0.717) is 13.0 Å². The van der Waals surface area contributed by atoms with E-state index >= 15 is 0 Å². The second kappa shape index (κ2) is 8.95. The number of hydrogen-bond acceptors (Lipinski definition) is 4. The maximum Gasteiger partial charge on any atom is 0.164 e. The van der Waals surface area contributed by atoms with Crippen LogP contribution in [0.1, 0.15) is 23.7 Å². The zero-order valence-corrected chi connectivity index (χ0v) is 12.7. The van der Waals surface area contributed by atoms with Gasteiger partial charge in [0.05, 0.1) is 19.8 Å². The molecule has 0 spiro atoms. The fourth-order valence-corrected chi connectivity index (χ4v) is 2.13. The molecular formula is C15H22ClNO3. The van der Waals surface area contributed by atoms with Crippen LogP contribution in [0.25, 0.3) is 0 Å². The van der Waals surface area contributed by atoms with Crippen LogP contribution in [0.3, 0.4) is 0 Å². The number of carbonyl (C=O) groups excluding carboxylic acids is 1. The van der Waals surface area contributed by atoms with E-state index in [1.54, 1.807) is 0 Å². The number of rotatable bonds is 6. The quantitative estimate of drug-likeness (QED) is 0.756. The Labute approximate surface area is 126 Å². The van der Waals surface area contributed by atoms with Gasteiger partial charge in [-0.25, -0.2) is 0 Å². The number of ether oxygens (including phenoxy) is 2. The molecule has 1 fully saturated rings. The first-order valence-corrected chi connectivity index (χ1v) is 6.85. The van der Waals surface area contributed by atoms with Crippen LogP contribution in [0, 0.1) is 0 Å². The van der Waals surface area contributed by atoms with Crippen LogP contribution in [0.5, 0.6) is 5.75 Å². The summed E-state index contributed by atoms with van der Waals surface area (Å²) in [5.74, 6) is 1.00. The number of halogens is 1. The molecule has 20 heavy (non-hydrogen) atoms. The van der Waals surface area contributed by atoms with E-state index in [-0.39, 0.29) is 18.2 Å². The zero-order chi connectivity index (χ0) is 13.5. The van der Waals surface area contributed by atoms with Gasteiger partial charge in [0.1, 0.15) is 5.75 Å². The molecule has 0 aromatic heterocycles. The summed E-state index contributed by atoms with van der Waals surface area (Å²) in [4.78, 5) is 14.3. The van der Waals surface area contributed by atoms with Gasteiger partial charge < -0.3 is 9.47 Å². The number of hydrogen-bond donors (Lipinski definition) is 0. The average Bonchev–Trinajstić information content (AvgIpc) is 2.47. The molecule has 0 amide bonds. The molecule has 0 unspecified atom stereocenters. The summed E-state index contributed by atoms with van der Waals surface area (Å²) in [6.07, 6.45) is 0.563. The fraction of sp³-hybridized carbons (Fsp3) is 0.533. The molecule has 0 bridgehead atoms. The molecule has 0 saturated carbocycles. The molecule has 0 N–H and O–H groups in total. The summed E-state index contributed by atoms with van der Waals surface area (Å²) in [6.45, 7) is 6.81. The van der Waals surface area contributed by atoms with Gasteiger partial charge in [0.2, 0.25) is 0 Å². The Morgan fingerprint density at radius 1 is 1.25 bits per heavy atom. The number of nitrogens with zero attached hydrogens (tertiary/aromatic N) is 1. The van der Waals surface area contributed by atoms with Crippen molar-refractivity contribution in [1.29, 1.82) is 0 Å². The van der Waals surface area contributed by atoms with Crippen LogP contribution >= 0.6 is 12.4 Å². The molecule has 0 radical (unpaired) electrons. The van der Waals surface area contributed by atoms with Crippen LogP contribution in [0.15, 0.2) is 24.3 Å². The van der Waals surface area contributed by atoms with Crippen LogP contribution in [-0.4, -0.2) is 50.1 Å². The fourth-order valence-electron chi connectivity index (χ4n) is 2.13. The van der Waals surface area contributed by atoms with Gasteiger partial charge in [0, 0.05) is 31.6 Å². The Balaban J connectivity index is 0.00000200. The molecule has 1 aliphatic heterocycles. The third-order valence-electron chi connectivity index (χ3n) is 3.25. The van der Waals surface area contributed by atoms with Gasteiger partial charge in [-0.1, -0.05) is 0 Å². The summed E-state index contributed by atoms with van der Waals surface area (Å²) in [6, 6.07) is 7.39. The molecule has 1 heterocycles. The lowest BCUT2D eigenvalue weighted by Gasteiger charge is -2.26. The minimum Gasteiger partial charge on any atom is -0.494 e. The summed E-state index contributed by atoms with van der Waals surface area (Å²) < 4.78 is 10.6. The highest BCUT2D eigenvalue weighted by Gasteiger charge is 2.13. The first kappa shape index (κ1) is 17.0. The average molecular weight is 300 g/mol. The van der Waals surface area contributed by atoms with Gasteiger partial charge in [-0.3, -0.25) is 9.69 Å². The van der Waals surface area contributed by atoms with Crippen molar-refractivity contribution < 1.29 is 14.3 Å². The Kier molecular flexibility index (Phi) is 7.59. The molecule has 1 saturated heterocycles. The number of ketones is 1. The number of carbonyl (C=O) groups is 1. The minimum absolute atomic E-state index is 0. The topological polar surface area (TPSA) is 38.8 Å². The maximum atomic E-state index is 12.1. The molecule has 5 heteroatoms. The van der Waals surface area contributed by atoms with Crippen molar-refractivity contribution in [1.82, 2.24) is 4.90 Å². The van der Waals surface area contributed by atoms with E-state index < -0.39 is 0 Å². The summed E-state index contributed by atoms with van der Waals surface area (Å²) in [5, 5.41) is 0. The highest BCUT2D eigenvalue weighted by molar-refractivity contribution is 5.96. The van der Waals surface area contributed by atoms with Gasteiger partial charge in [-0.2, -0.15) is 0 Å². The third-order valence-corrected chi connectivity index (χ3v) is 3.25. The number of benzene rings is 1. The monoisotopic (exact) mass is 299 g/mol. The smallest absolute Gasteiger partial charge is 0.164 e. The van der Waals surface area contributed by atoms with E-state index in [4.69, 9.17) is 9.47 Å². The number of morpholine rings is 1. The Morgan fingerprint density at radius 2 is 1.90 bits per heavy atom. The van der Waals surface area contributed by atoms with Crippen molar-refractivity contribution in [3.05, 3.63) is 29.8 Å². The van der Waals surface area contributed by atoms with Gasteiger partial charge in [-0.05, 0) is 31.2 Å². The Hall–Kier alpha value is -1.10. The van der Waals surface area contributed by atoms with E-state index in [1.165, 1.54) is 0 Å². The minimum atomic E-state index is 0. The summed E-state index contributed by atoms with van der Waals surface area (Å²) >= 11 is 0. The SMILES string of the molecule is CCOc1ccc(C(=O)CCN2CCOCC2)cc1.Cl. The molecule has 4 nitrogen and oxygen atoms in total. The second-order valence-electron chi connectivity index (χ2n) is 4.58. The van der Waals surface area contributed by atoms with E-state index in [1.807, 2.05) is 31.2 Å². The lowest BCUT2D eigenvalue weighted by molar-refractivity contribution is 0.0370. The highest BCUT2D eigenvalue weighted by atomic mass is 35.5. The molecule has 112 valence electrons. The van der Waals surface area contributed by atoms with Crippen molar-refractivity contribution in [3.8, 4) is 5.75 Å². The predicted octanol–water partition coefficient (Wildman–Crippen LogP) is 2.41. The Morgan fingerprint density at radius 3 is 2.50 bits per heavy atom. The molecule has 2 rings (SSSR count). The molecule has 1 aromatic rings. The second-order valence-corrected chi connectivity index (χ2v) is 4.58. The van der Waals surface area contributed by atoms with Crippen molar-refractivity contribution in [3.63, 3.8) is 0 Å². The van der Waals surface area contributed by atoms with Crippen molar-refractivity contribution in [2.75, 3.05) is 39.5 Å². The van der Waals surface area contributed by atoms with E-state index in [0.717, 1.165) is 44.2 Å². The molecule has 1 aromatic carbocycles. The van der Waals surface area contributed by atoms with Gasteiger partial charge in [-0.15, -0.1) is 12.4 Å². The molecule has 0 aliphatic carbocycles. The van der Waals surface area contributed by atoms with Crippen LogP contribution in [-0.2, 0) is 4.74 Å². The maximum absolute atomic E-state index is 12.1. The lowest BCUT2D eigenvalue weighted by Crippen LogP contribution is -2.37. The third kappa shape index (κ3) is 5.12. The first-order valence-electron chi connectivity index (χ1n) is 6.85.